The van der Waals surface area contributed by atoms with Crippen LogP contribution in [0.3, 0.4) is 0 Å². The second-order valence-electron chi connectivity index (χ2n) is 2.67. The van der Waals surface area contributed by atoms with Crippen molar-refractivity contribution in [2.24, 2.45) is 0 Å². The van der Waals surface area contributed by atoms with E-state index in [1.165, 1.54) is 11.8 Å². The molecule has 0 saturated carbocycles. The van der Waals surface area contributed by atoms with Crippen LogP contribution >= 0.6 is 23.4 Å². The van der Waals surface area contributed by atoms with Crippen molar-refractivity contribution in [1.29, 1.82) is 0 Å². The molecule has 0 aliphatic rings. The zero-order chi connectivity index (χ0) is 9.97. The molecule has 2 rings (SSSR count). The lowest BCUT2D eigenvalue weighted by molar-refractivity contribution is 0.454. The molecule has 14 heavy (non-hydrogen) atoms. The molecule has 0 N–H and O–H groups in total. The van der Waals surface area contributed by atoms with Crippen LogP contribution in [0, 0.1) is 6.92 Å². The molecule has 3 nitrogen and oxygen atoms in total. The fourth-order valence-electron chi connectivity index (χ4n) is 0.946. The first kappa shape index (κ1) is 9.55. The quantitative estimate of drug-likeness (QED) is 0.738. The molecule has 0 bridgehead atoms. The third-order valence-corrected chi connectivity index (χ3v) is 2.87. The van der Waals surface area contributed by atoms with Gasteiger partial charge in [-0.3, -0.25) is 0 Å². The van der Waals surface area contributed by atoms with Crippen LogP contribution in [-0.4, -0.2) is 9.97 Å². The van der Waals surface area contributed by atoms with E-state index in [1.54, 1.807) is 24.7 Å². The van der Waals surface area contributed by atoms with E-state index in [9.17, 15) is 0 Å². The topological polar surface area (TPSA) is 38.9 Å². The highest BCUT2D eigenvalue weighted by molar-refractivity contribution is 7.99. The van der Waals surface area contributed by atoms with Crippen molar-refractivity contribution in [2.45, 2.75) is 17.0 Å². The van der Waals surface area contributed by atoms with Crippen LogP contribution in [-0.2, 0) is 0 Å². The third-order valence-electron chi connectivity index (χ3n) is 1.63. The van der Waals surface area contributed by atoms with E-state index < -0.39 is 0 Å². The first-order valence-electron chi connectivity index (χ1n) is 3.95. The fraction of sp³-hybridized carbons (Fsp3) is 0.111. The number of aromatic nitrogens is 2. The molecule has 0 unspecified atom stereocenters. The summed E-state index contributed by atoms with van der Waals surface area (Å²) in [5.74, 6) is 0. The second-order valence-corrected chi connectivity index (χ2v) is 4.05. The van der Waals surface area contributed by atoms with Gasteiger partial charge in [-0.2, -0.15) is 0 Å². The molecule has 0 radical (unpaired) electrons. The Morgan fingerprint density at radius 3 is 3.00 bits per heavy atom. The molecule has 0 spiro atoms. The molecular weight excluding hydrogens is 220 g/mol. The molecule has 2 aromatic heterocycles. The van der Waals surface area contributed by atoms with Gasteiger partial charge in [0.15, 0.2) is 0 Å². The van der Waals surface area contributed by atoms with Crippen LogP contribution in [0.4, 0.5) is 0 Å². The summed E-state index contributed by atoms with van der Waals surface area (Å²) >= 11 is 7.21. The lowest BCUT2D eigenvalue weighted by Crippen LogP contribution is -1.83. The highest BCUT2D eigenvalue weighted by Gasteiger charge is 2.05. The molecule has 0 aliphatic heterocycles. The van der Waals surface area contributed by atoms with Crippen LogP contribution in [0.5, 0.6) is 0 Å². The molecule has 0 fully saturated rings. The Labute approximate surface area is 90.5 Å². The zero-order valence-electron chi connectivity index (χ0n) is 7.40. The molecule has 0 saturated heterocycles. The monoisotopic (exact) mass is 226 g/mol. The summed E-state index contributed by atoms with van der Waals surface area (Å²) in [7, 11) is 0. The minimum atomic E-state index is 0.477. The maximum absolute atomic E-state index is 5.78. The first-order valence-corrected chi connectivity index (χ1v) is 5.14. The van der Waals surface area contributed by atoms with Gasteiger partial charge in [0.05, 0.1) is 6.20 Å². The minimum Gasteiger partial charge on any atom is -0.440 e. The standard InChI is InChI=1S/C9H7ClN2OS/c1-6-5-12-8(10)4-7(6)14-9-11-2-3-13-9/h2-5H,1H3. The van der Waals surface area contributed by atoms with Crippen molar-refractivity contribution >= 4 is 23.4 Å². The van der Waals surface area contributed by atoms with Crippen molar-refractivity contribution in [2.75, 3.05) is 0 Å². The lowest BCUT2D eigenvalue weighted by atomic mass is 10.3. The highest BCUT2D eigenvalue weighted by atomic mass is 35.5. The van der Waals surface area contributed by atoms with Crippen molar-refractivity contribution in [3.8, 4) is 0 Å². The van der Waals surface area contributed by atoms with E-state index in [0.717, 1.165) is 10.5 Å². The van der Waals surface area contributed by atoms with Crippen molar-refractivity contribution in [3.63, 3.8) is 0 Å². The Morgan fingerprint density at radius 1 is 1.43 bits per heavy atom. The van der Waals surface area contributed by atoms with Gasteiger partial charge in [0, 0.05) is 11.1 Å². The number of hydrogen-bond donors (Lipinski definition) is 0. The zero-order valence-corrected chi connectivity index (χ0v) is 8.97. The number of nitrogens with zero attached hydrogens (tertiary/aromatic N) is 2. The van der Waals surface area contributed by atoms with Gasteiger partial charge in [0.25, 0.3) is 5.22 Å². The van der Waals surface area contributed by atoms with E-state index in [2.05, 4.69) is 9.97 Å². The Hall–Kier alpha value is -1.00. The van der Waals surface area contributed by atoms with E-state index in [4.69, 9.17) is 16.0 Å². The maximum Gasteiger partial charge on any atom is 0.260 e. The maximum atomic E-state index is 5.78. The molecule has 0 aliphatic carbocycles. The van der Waals surface area contributed by atoms with Gasteiger partial charge in [-0.1, -0.05) is 11.6 Å². The van der Waals surface area contributed by atoms with E-state index in [0.29, 0.717) is 10.4 Å². The predicted molar refractivity (Wildman–Crippen MR) is 54.6 cm³/mol. The highest BCUT2D eigenvalue weighted by Crippen LogP contribution is 2.29. The van der Waals surface area contributed by atoms with E-state index in [-0.39, 0.29) is 0 Å². The predicted octanol–water partition coefficient (Wildman–Crippen LogP) is 3.18. The largest absolute Gasteiger partial charge is 0.440 e. The lowest BCUT2D eigenvalue weighted by Gasteiger charge is -2.01. The summed E-state index contributed by atoms with van der Waals surface area (Å²) in [4.78, 5) is 8.99. The first-order chi connectivity index (χ1) is 6.75. The number of oxazole rings is 1. The van der Waals surface area contributed by atoms with Gasteiger partial charge >= 0.3 is 0 Å². The normalized spacial score (nSPS) is 10.4. The van der Waals surface area contributed by atoms with Gasteiger partial charge in [-0.25, -0.2) is 9.97 Å². The Balaban J connectivity index is 2.28. The molecule has 2 heterocycles. The van der Waals surface area contributed by atoms with Gasteiger partial charge in [-0.05, 0) is 30.3 Å². The Bertz CT molecular complexity index is 430. The summed E-state index contributed by atoms with van der Waals surface area (Å²) < 4.78 is 5.12. The minimum absolute atomic E-state index is 0.477. The summed E-state index contributed by atoms with van der Waals surface area (Å²) in [6, 6.07) is 1.80. The molecular formula is C9H7ClN2OS. The number of halogens is 1. The van der Waals surface area contributed by atoms with Crippen molar-refractivity contribution < 1.29 is 4.42 Å². The van der Waals surface area contributed by atoms with Crippen LogP contribution < -0.4 is 0 Å². The molecule has 0 atom stereocenters. The van der Waals surface area contributed by atoms with Gasteiger partial charge < -0.3 is 4.42 Å². The summed E-state index contributed by atoms with van der Waals surface area (Å²) in [6.07, 6.45) is 4.88. The summed E-state index contributed by atoms with van der Waals surface area (Å²) in [5.41, 5.74) is 1.05. The van der Waals surface area contributed by atoms with E-state index >= 15 is 0 Å². The van der Waals surface area contributed by atoms with Crippen LogP contribution in [0.15, 0.2) is 39.3 Å². The average Bonchev–Trinajstić information content (AvgIpc) is 2.64. The summed E-state index contributed by atoms with van der Waals surface area (Å²) in [5, 5.41) is 1.08. The second kappa shape index (κ2) is 4.02. The number of aryl methyl sites for hydroxylation is 1. The van der Waals surface area contributed by atoms with Crippen LogP contribution in [0.2, 0.25) is 5.15 Å². The summed E-state index contributed by atoms with van der Waals surface area (Å²) in [6.45, 7) is 1.97. The van der Waals surface area contributed by atoms with Gasteiger partial charge in [0.1, 0.15) is 11.4 Å². The van der Waals surface area contributed by atoms with Gasteiger partial charge in [0.2, 0.25) is 0 Å². The molecule has 5 heteroatoms. The van der Waals surface area contributed by atoms with E-state index in [1.807, 2.05) is 6.92 Å². The van der Waals surface area contributed by atoms with Crippen LogP contribution in [0.25, 0.3) is 0 Å². The Morgan fingerprint density at radius 2 is 2.29 bits per heavy atom. The molecule has 0 amide bonds. The third kappa shape index (κ3) is 2.08. The SMILES string of the molecule is Cc1cnc(Cl)cc1Sc1ncco1. The average molecular weight is 227 g/mol. The molecule has 2 aromatic rings. The number of pyridine rings is 1. The van der Waals surface area contributed by atoms with Gasteiger partial charge in [-0.15, -0.1) is 0 Å². The smallest absolute Gasteiger partial charge is 0.260 e. The number of rotatable bonds is 2. The molecule has 72 valence electrons. The number of hydrogen-bond acceptors (Lipinski definition) is 4. The fourth-order valence-corrected chi connectivity index (χ4v) is 1.96. The van der Waals surface area contributed by atoms with Crippen molar-refractivity contribution in [1.82, 2.24) is 9.97 Å². The Kier molecular flexibility index (Phi) is 2.74. The molecule has 0 aromatic carbocycles. The van der Waals surface area contributed by atoms with Crippen molar-refractivity contribution in [3.05, 3.63) is 35.4 Å². The van der Waals surface area contributed by atoms with Crippen LogP contribution in [0.1, 0.15) is 5.56 Å².